The van der Waals surface area contributed by atoms with Gasteiger partial charge >= 0.3 is 0 Å². The van der Waals surface area contributed by atoms with E-state index in [0.717, 1.165) is 6.42 Å². The van der Waals surface area contributed by atoms with Crippen LogP contribution in [0.15, 0.2) is 11.0 Å². The Bertz CT molecular complexity index is 411. The van der Waals surface area contributed by atoms with Crippen LogP contribution < -0.4 is 10.9 Å². The molecule has 1 amide bonds. The molecular formula is C10H15N3O2. The molecule has 0 spiro atoms. The molecule has 2 N–H and O–H groups in total. The van der Waals surface area contributed by atoms with Crippen LogP contribution in [0.3, 0.4) is 0 Å². The first-order valence-electron chi connectivity index (χ1n) is 4.91. The van der Waals surface area contributed by atoms with Crippen molar-refractivity contribution in [2.24, 2.45) is 0 Å². The van der Waals surface area contributed by atoms with Crippen LogP contribution in [0.5, 0.6) is 0 Å². The predicted molar refractivity (Wildman–Crippen MR) is 56.8 cm³/mol. The number of nitrogens with one attached hydrogen (secondary N) is 2. The second-order valence-electron chi connectivity index (χ2n) is 3.49. The summed E-state index contributed by atoms with van der Waals surface area (Å²) in [5.41, 5.74) is -0.343. The van der Waals surface area contributed by atoms with E-state index in [4.69, 9.17) is 0 Å². The number of aromatic amines is 1. The topological polar surface area (TPSA) is 74.8 Å². The van der Waals surface area contributed by atoms with E-state index >= 15 is 0 Å². The lowest BCUT2D eigenvalue weighted by molar-refractivity contribution is 0.0937. The maximum Gasteiger partial charge on any atom is 0.263 e. The van der Waals surface area contributed by atoms with Crippen molar-refractivity contribution >= 4 is 5.91 Å². The molecule has 82 valence electrons. The number of amides is 1. The second kappa shape index (κ2) is 4.72. The number of aryl methyl sites for hydroxylation is 1. The zero-order valence-corrected chi connectivity index (χ0v) is 9.13. The standard InChI is InChI=1S/C10H15N3O2/c1-4-6(2)12-9(14)8-5-11-7(3)13-10(8)15/h5-6H,4H2,1-3H3,(H,12,14)(H,11,13,15). The van der Waals surface area contributed by atoms with E-state index in [1.165, 1.54) is 6.20 Å². The molecule has 0 radical (unpaired) electrons. The fraction of sp³-hybridized carbons (Fsp3) is 0.500. The van der Waals surface area contributed by atoms with Crippen molar-refractivity contribution in [1.29, 1.82) is 0 Å². The summed E-state index contributed by atoms with van der Waals surface area (Å²) in [6.07, 6.45) is 2.12. The van der Waals surface area contributed by atoms with Gasteiger partial charge in [0.2, 0.25) is 0 Å². The van der Waals surface area contributed by atoms with E-state index < -0.39 is 5.56 Å². The lowest BCUT2D eigenvalue weighted by atomic mass is 10.2. The smallest absolute Gasteiger partial charge is 0.263 e. The average Bonchev–Trinajstić information content (AvgIpc) is 2.17. The number of aromatic nitrogens is 2. The van der Waals surface area contributed by atoms with Gasteiger partial charge in [0.15, 0.2) is 0 Å². The van der Waals surface area contributed by atoms with Gasteiger partial charge in [-0.25, -0.2) is 4.98 Å². The number of H-pyrrole nitrogens is 1. The molecule has 0 saturated heterocycles. The van der Waals surface area contributed by atoms with Crippen molar-refractivity contribution in [2.75, 3.05) is 0 Å². The van der Waals surface area contributed by atoms with Crippen molar-refractivity contribution in [3.63, 3.8) is 0 Å². The summed E-state index contributed by atoms with van der Waals surface area (Å²) in [4.78, 5) is 29.3. The molecule has 1 rings (SSSR count). The fourth-order valence-corrected chi connectivity index (χ4v) is 1.05. The monoisotopic (exact) mass is 209 g/mol. The van der Waals surface area contributed by atoms with Gasteiger partial charge in [-0.1, -0.05) is 6.92 Å². The molecule has 5 heteroatoms. The SMILES string of the molecule is CCC(C)NC(=O)c1cnc(C)[nH]c1=O. The molecule has 0 aliphatic carbocycles. The molecular weight excluding hydrogens is 194 g/mol. The minimum Gasteiger partial charge on any atom is -0.349 e. The minimum absolute atomic E-state index is 0.0539. The Hall–Kier alpha value is -1.65. The van der Waals surface area contributed by atoms with Crippen molar-refractivity contribution in [3.8, 4) is 0 Å². The zero-order valence-electron chi connectivity index (χ0n) is 9.13. The number of carbonyl (C=O) groups is 1. The minimum atomic E-state index is -0.400. The highest BCUT2D eigenvalue weighted by Gasteiger charge is 2.12. The molecule has 0 aromatic carbocycles. The molecule has 1 aromatic rings. The normalized spacial score (nSPS) is 12.2. The summed E-state index contributed by atoms with van der Waals surface area (Å²) in [5, 5.41) is 2.71. The quantitative estimate of drug-likeness (QED) is 0.765. The van der Waals surface area contributed by atoms with Crippen molar-refractivity contribution in [2.45, 2.75) is 33.2 Å². The Balaban J connectivity index is 2.88. The van der Waals surface area contributed by atoms with E-state index in [-0.39, 0.29) is 17.5 Å². The molecule has 0 aliphatic rings. The van der Waals surface area contributed by atoms with E-state index in [1.54, 1.807) is 6.92 Å². The molecule has 0 aliphatic heterocycles. The molecule has 1 atom stereocenters. The first kappa shape index (κ1) is 11.4. The maximum atomic E-state index is 11.6. The van der Waals surface area contributed by atoms with Crippen LogP contribution in [-0.2, 0) is 0 Å². The molecule has 0 bridgehead atoms. The van der Waals surface area contributed by atoms with Crippen LogP contribution in [-0.4, -0.2) is 21.9 Å². The highest BCUT2D eigenvalue weighted by Crippen LogP contribution is 1.93. The summed E-state index contributed by atoms with van der Waals surface area (Å²) < 4.78 is 0. The van der Waals surface area contributed by atoms with E-state index in [2.05, 4.69) is 15.3 Å². The number of nitrogens with zero attached hydrogens (tertiary/aromatic N) is 1. The van der Waals surface area contributed by atoms with Gasteiger partial charge in [0.05, 0.1) is 0 Å². The molecule has 5 nitrogen and oxygen atoms in total. The fourth-order valence-electron chi connectivity index (χ4n) is 1.05. The van der Waals surface area contributed by atoms with Crippen molar-refractivity contribution < 1.29 is 4.79 Å². The van der Waals surface area contributed by atoms with Gasteiger partial charge < -0.3 is 10.3 Å². The highest BCUT2D eigenvalue weighted by molar-refractivity contribution is 5.93. The van der Waals surface area contributed by atoms with Crippen LogP contribution >= 0.6 is 0 Å². The number of hydrogen-bond acceptors (Lipinski definition) is 3. The van der Waals surface area contributed by atoms with Gasteiger partial charge in [-0.3, -0.25) is 9.59 Å². The lowest BCUT2D eigenvalue weighted by Gasteiger charge is -2.10. The third-order valence-corrected chi connectivity index (χ3v) is 2.16. The van der Waals surface area contributed by atoms with Gasteiger partial charge in [0, 0.05) is 12.2 Å². The molecule has 0 saturated carbocycles. The van der Waals surface area contributed by atoms with Gasteiger partial charge in [-0.05, 0) is 20.3 Å². The molecule has 1 heterocycles. The molecule has 1 aromatic heterocycles. The summed E-state index contributed by atoms with van der Waals surface area (Å²) in [5.74, 6) is 0.123. The van der Waals surface area contributed by atoms with Crippen LogP contribution in [0.4, 0.5) is 0 Å². The number of hydrogen-bond donors (Lipinski definition) is 2. The Kier molecular flexibility index (Phi) is 3.60. The van der Waals surface area contributed by atoms with Crippen molar-refractivity contribution in [1.82, 2.24) is 15.3 Å². The third kappa shape index (κ3) is 2.90. The Morgan fingerprint density at radius 2 is 2.33 bits per heavy atom. The van der Waals surface area contributed by atoms with E-state index in [0.29, 0.717) is 5.82 Å². The Morgan fingerprint density at radius 3 is 2.87 bits per heavy atom. The maximum absolute atomic E-state index is 11.6. The van der Waals surface area contributed by atoms with Crippen LogP contribution in [0.2, 0.25) is 0 Å². The molecule has 1 unspecified atom stereocenters. The number of rotatable bonds is 3. The van der Waals surface area contributed by atoms with Crippen LogP contribution in [0, 0.1) is 6.92 Å². The zero-order chi connectivity index (χ0) is 11.4. The Morgan fingerprint density at radius 1 is 1.67 bits per heavy atom. The highest BCUT2D eigenvalue weighted by atomic mass is 16.2. The second-order valence-corrected chi connectivity index (χ2v) is 3.49. The van der Waals surface area contributed by atoms with Gasteiger partial charge in [0.25, 0.3) is 11.5 Å². The van der Waals surface area contributed by atoms with Crippen LogP contribution in [0.1, 0.15) is 36.5 Å². The third-order valence-electron chi connectivity index (χ3n) is 2.16. The Labute approximate surface area is 87.9 Å². The summed E-state index contributed by atoms with van der Waals surface area (Å²) in [6.45, 7) is 5.51. The summed E-state index contributed by atoms with van der Waals surface area (Å²) in [6, 6.07) is 0.0539. The van der Waals surface area contributed by atoms with Crippen LogP contribution in [0.25, 0.3) is 0 Å². The van der Waals surface area contributed by atoms with Gasteiger partial charge in [-0.2, -0.15) is 0 Å². The first-order chi connectivity index (χ1) is 7.04. The van der Waals surface area contributed by atoms with Gasteiger partial charge in [0.1, 0.15) is 11.4 Å². The molecule has 15 heavy (non-hydrogen) atoms. The average molecular weight is 209 g/mol. The largest absolute Gasteiger partial charge is 0.349 e. The number of carbonyl (C=O) groups excluding carboxylic acids is 1. The van der Waals surface area contributed by atoms with Gasteiger partial charge in [-0.15, -0.1) is 0 Å². The predicted octanol–water partition coefficient (Wildman–Crippen LogP) is 0.607. The lowest BCUT2D eigenvalue weighted by Crippen LogP contribution is -2.35. The molecule has 0 fully saturated rings. The summed E-state index contributed by atoms with van der Waals surface area (Å²) in [7, 11) is 0. The summed E-state index contributed by atoms with van der Waals surface area (Å²) >= 11 is 0. The van der Waals surface area contributed by atoms with Crippen molar-refractivity contribution in [3.05, 3.63) is 27.9 Å². The first-order valence-corrected chi connectivity index (χ1v) is 4.91. The van der Waals surface area contributed by atoms with E-state index in [9.17, 15) is 9.59 Å². The van der Waals surface area contributed by atoms with E-state index in [1.807, 2.05) is 13.8 Å².